The van der Waals surface area contributed by atoms with E-state index in [1.165, 1.54) is 0 Å². The van der Waals surface area contributed by atoms with Crippen molar-refractivity contribution in [2.24, 2.45) is 0 Å². The van der Waals surface area contributed by atoms with E-state index >= 15 is 0 Å². The van der Waals surface area contributed by atoms with Gasteiger partial charge in [0, 0.05) is 61.4 Å². The molecule has 0 atom stereocenters. The van der Waals surface area contributed by atoms with Crippen LogP contribution in [0.3, 0.4) is 0 Å². The number of aliphatic hydroxyl groups is 1. The highest BCUT2D eigenvalue weighted by Crippen LogP contribution is 2.50. The van der Waals surface area contributed by atoms with Gasteiger partial charge in [0.2, 0.25) is 17.4 Å². The van der Waals surface area contributed by atoms with Gasteiger partial charge < -0.3 is 19.3 Å². The zero-order chi connectivity index (χ0) is 36.5. The van der Waals surface area contributed by atoms with Gasteiger partial charge in [-0.05, 0) is 92.3 Å². The molecule has 1 heterocycles. The fraction of sp³-hybridized carbons (Fsp3) is 0.528. The van der Waals surface area contributed by atoms with Crippen LogP contribution in [0.25, 0.3) is 5.57 Å². The SMILES string of the molecule is CCOC(=O)C1(OC(=O)Cc2c(C)cc(Cl)cc2C)CCC(F)(F)CC1.Cc1cc(Cl)cc(C)c1C1=C(O)C2(CCC(F)(F)CC2)OC1=O. The minimum atomic E-state index is -2.86. The topological polar surface area (TPSA) is 99.1 Å². The summed E-state index contributed by atoms with van der Waals surface area (Å²) in [5.41, 5.74) is 1.54. The maximum atomic E-state index is 13.5. The lowest BCUT2D eigenvalue weighted by atomic mass is 9.80. The third kappa shape index (κ3) is 8.53. The van der Waals surface area contributed by atoms with E-state index in [0.29, 0.717) is 15.6 Å². The van der Waals surface area contributed by atoms with Gasteiger partial charge in [-0.25, -0.2) is 27.2 Å². The Morgan fingerprint density at radius 1 is 0.796 bits per heavy atom. The molecule has 49 heavy (non-hydrogen) atoms. The Morgan fingerprint density at radius 3 is 1.71 bits per heavy atom. The number of carbonyl (C=O) groups is 3. The van der Waals surface area contributed by atoms with Gasteiger partial charge in [0.15, 0.2) is 11.4 Å². The molecule has 1 spiro atoms. The van der Waals surface area contributed by atoms with Crippen molar-refractivity contribution >= 4 is 46.7 Å². The Kier molecular flexibility index (Phi) is 11.4. The van der Waals surface area contributed by atoms with Crippen LogP contribution in [0.5, 0.6) is 0 Å². The molecule has 2 aromatic carbocycles. The molecule has 13 heteroatoms. The lowest BCUT2D eigenvalue weighted by Crippen LogP contribution is -2.49. The summed E-state index contributed by atoms with van der Waals surface area (Å²) in [4.78, 5) is 37.2. The van der Waals surface area contributed by atoms with E-state index in [-0.39, 0.29) is 50.0 Å². The number of halogens is 6. The molecule has 2 aromatic rings. The van der Waals surface area contributed by atoms with E-state index in [0.717, 1.165) is 27.8 Å². The van der Waals surface area contributed by atoms with Gasteiger partial charge in [0.25, 0.3) is 0 Å². The molecule has 0 aromatic heterocycles. The molecular formula is C36H40Cl2F4O7. The zero-order valence-electron chi connectivity index (χ0n) is 28.0. The third-order valence-corrected chi connectivity index (χ3v) is 9.86. The minimum absolute atomic E-state index is 0.0631. The monoisotopic (exact) mass is 730 g/mol. The molecule has 5 rings (SSSR count). The van der Waals surface area contributed by atoms with E-state index in [9.17, 15) is 37.1 Å². The van der Waals surface area contributed by atoms with E-state index in [4.69, 9.17) is 37.4 Å². The highest BCUT2D eigenvalue weighted by atomic mass is 35.5. The van der Waals surface area contributed by atoms with Crippen molar-refractivity contribution < 1.29 is 51.3 Å². The summed E-state index contributed by atoms with van der Waals surface area (Å²) in [5, 5.41) is 11.7. The molecule has 0 bridgehead atoms. The summed E-state index contributed by atoms with van der Waals surface area (Å²) < 4.78 is 69.7. The van der Waals surface area contributed by atoms with Crippen molar-refractivity contribution in [3.8, 4) is 0 Å². The molecule has 268 valence electrons. The van der Waals surface area contributed by atoms with Gasteiger partial charge in [-0.2, -0.15) is 0 Å². The van der Waals surface area contributed by atoms with Crippen LogP contribution in [0, 0.1) is 27.7 Å². The van der Waals surface area contributed by atoms with Gasteiger partial charge in [-0.15, -0.1) is 0 Å². The van der Waals surface area contributed by atoms with Gasteiger partial charge in [0.05, 0.1) is 13.0 Å². The van der Waals surface area contributed by atoms with Crippen LogP contribution in [0.2, 0.25) is 10.0 Å². The fourth-order valence-corrected chi connectivity index (χ4v) is 7.39. The number of esters is 3. The molecule has 2 aliphatic carbocycles. The molecule has 2 fully saturated rings. The van der Waals surface area contributed by atoms with Crippen LogP contribution in [0.15, 0.2) is 30.0 Å². The van der Waals surface area contributed by atoms with E-state index in [2.05, 4.69) is 0 Å². The van der Waals surface area contributed by atoms with Crippen LogP contribution in [0.4, 0.5) is 17.6 Å². The summed E-state index contributed by atoms with van der Waals surface area (Å²) >= 11 is 12.0. The molecular weight excluding hydrogens is 691 g/mol. The Morgan fingerprint density at radius 2 is 1.24 bits per heavy atom. The molecule has 1 aliphatic heterocycles. The lowest BCUT2D eigenvalue weighted by molar-refractivity contribution is -0.194. The third-order valence-electron chi connectivity index (χ3n) is 9.42. The van der Waals surface area contributed by atoms with Crippen molar-refractivity contribution in [2.75, 3.05) is 6.61 Å². The Balaban J connectivity index is 0.000000222. The molecule has 2 saturated carbocycles. The average Bonchev–Trinajstić information content (AvgIpc) is 3.22. The second-order valence-electron chi connectivity index (χ2n) is 13.1. The molecule has 7 nitrogen and oxygen atoms in total. The Bertz CT molecular complexity index is 1600. The molecule has 0 saturated heterocycles. The summed E-state index contributed by atoms with van der Waals surface area (Å²) in [6, 6.07) is 6.85. The fourth-order valence-electron chi connectivity index (χ4n) is 6.73. The number of aryl methyl sites for hydroxylation is 4. The smallest absolute Gasteiger partial charge is 0.350 e. The van der Waals surface area contributed by atoms with Crippen molar-refractivity contribution in [3.05, 3.63) is 73.5 Å². The molecule has 0 unspecified atom stereocenters. The second kappa shape index (κ2) is 14.5. The first-order valence-corrected chi connectivity index (χ1v) is 16.8. The molecule has 0 radical (unpaired) electrons. The Labute approximate surface area is 292 Å². The predicted molar refractivity (Wildman–Crippen MR) is 176 cm³/mol. The first kappa shape index (κ1) is 38.5. The number of rotatable bonds is 6. The van der Waals surface area contributed by atoms with Crippen LogP contribution in [0.1, 0.15) is 91.7 Å². The molecule has 0 amide bonds. The zero-order valence-corrected chi connectivity index (χ0v) is 29.6. The van der Waals surface area contributed by atoms with Crippen molar-refractivity contribution in [1.29, 1.82) is 0 Å². The van der Waals surface area contributed by atoms with Crippen LogP contribution < -0.4 is 0 Å². The first-order valence-electron chi connectivity index (χ1n) is 16.1. The number of aliphatic hydroxyl groups excluding tert-OH is 1. The number of benzene rings is 2. The van der Waals surface area contributed by atoms with Crippen LogP contribution in [-0.4, -0.2) is 52.7 Å². The maximum absolute atomic E-state index is 13.5. The van der Waals surface area contributed by atoms with Crippen molar-refractivity contribution in [2.45, 2.75) is 115 Å². The number of alkyl halides is 4. The van der Waals surface area contributed by atoms with Crippen LogP contribution in [-0.2, 0) is 35.0 Å². The van der Waals surface area contributed by atoms with Gasteiger partial charge in [0.1, 0.15) is 5.57 Å². The van der Waals surface area contributed by atoms with Gasteiger partial charge >= 0.3 is 17.9 Å². The number of hydrogen-bond donors (Lipinski definition) is 1. The highest BCUT2D eigenvalue weighted by Gasteiger charge is 2.54. The van der Waals surface area contributed by atoms with E-state index in [1.54, 1.807) is 45.0 Å². The Hall–Kier alpha value is -3.31. The predicted octanol–water partition coefficient (Wildman–Crippen LogP) is 9.28. The minimum Gasteiger partial charge on any atom is -0.507 e. The van der Waals surface area contributed by atoms with E-state index in [1.807, 2.05) is 13.8 Å². The maximum Gasteiger partial charge on any atom is 0.350 e. The number of carbonyl (C=O) groups excluding carboxylic acids is 3. The highest BCUT2D eigenvalue weighted by molar-refractivity contribution is 6.31. The summed E-state index contributed by atoms with van der Waals surface area (Å²) in [6.45, 7) is 8.91. The van der Waals surface area contributed by atoms with Gasteiger partial charge in [-0.3, -0.25) is 4.79 Å². The number of ether oxygens (including phenoxy) is 3. The summed E-state index contributed by atoms with van der Waals surface area (Å²) in [7, 11) is 0. The molecule has 1 N–H and O–H groups in total. The van der Waals surface area contributed by atoms with Crippen LogP contribution >= 0.6 is 23.2 Å². The van der Waals surface area contributed by atoms with Crippen molar-refractivity contribution in [3.63, 3.8) is 0 Å². The summed E-state index contributed by atoms with van der Waals surface area (Å²) in [6.07, 6.45) is -2.55. The number of hydrogen-bond acceptors (Lipinski definition) is 7. The largest absolute Gasteiger partial charge is 0.507 e. The van der Waals surface area contributed by atoms with Gasteiger partial charge in [-0.1, -0.05) is 23.2 Å². The normalized spacial score (nSPS) is 20.3. The molecule has 3 aliphatic rings. The lowest BCUT2D eigenvalue weighted by Gasteiger charge is -2.37. The van der Waals surface area contributed by atoms with Crippen molar-refractivity contribution in [1.82, 2.24) is 0 Å². The first-order chi connectivity index (χ1) is 22.7. The van der Waals surface area contributed by atoms with E-state index < -0.39 is 66.6 Å². The summed E-state index contributed by atoms with van der Waals surface area (Å²) in [5.74, 6) is -7.92. The average molecular weight is 732 g/mol. The standard InChI is InChI=1S/C19H23ClF2O4.C17H17ClF2O3/c1-4-25-17(24)18(5-7-19(21,22)8-6-18)26-16(23)11-15-12(2)9-14(20)10-13(15)3;1-9-7-11(18)8-10(2)12(9)13-14(21)16(23-15(13)22)3-5-17(19,20)6-4-16/h9-10H,4-8,11H2,1-3H3;7-8,21H,3-6H2,1-2H3. The quantitative estimate of drug-likeness (QED) is 0.180. The second-order valence-corrected chi connectivity index (χ2v) is 14.0.